The molecule has 2 aromatic carbocycles. The molecule has 2 aromatic rings. The van der Waals surface area contributed by atoms with Crippen molar-refractivity contribution >= 4 is 15.7 Å². The summed E-state index contributed by atoms with van der Waals surface area (Å²) in [6.07, 6.45) is 1.21. The minimum absolute atomic E-state index is 0.212. The average Bonchev–Trinajstić information content (AvgIpc) is 2.61. The smallest absolute Gasteiger partial charge is 0.261 e. The minimum Gasteiger partial charge on any atom is -0.481 e. The third-order valence-electron chi connectivity index (χ3n) is 4.45. The maximum Gasteiger partial charge on any atom is 0.261 e. The van der Waals surface area contributed by atoms with Crippen LogP contribution in [0.3, 0.4) is 0 Å². The highest BCUT2D eigenvalue weighted by Crippen LogP contribution is 2.22. The molecule has 1 N–H and O–H groups in total. The number of aryl methyl sites for hydroxylation is 2. The van der Waals surface area contributed by atoms with E-state index in [9.17, 15) is 13.2 Å². The summed E-state index contributed by atoms with van der Waals surface area (Å²) in [5.41, 5.74) is 2.90. The van der Waals surface area contributed by atoms with Crippen molar-refractivity contribution in [3.63, 3.8) is 0 Å². The normalized spacial score (nSPS) is 13.7. The van der Waals surface area contributed by atoms with E-state index in [0.717, 1.165) is 16.7 Å². The van der Waals surface area contributed by atoms with Gasteiger partial charge in [-0.2, -0.15) is 0 Å². The van der Waals surface area contributed by atoms with Crippen LogP contribution >= 0.6 is 0 Å². The fraction of sp³-hybridized carbons (Fsp3) is 0.381. The summed E-state index contributed by atoms with van der Waals surface area (Å²) in [6.45, 7) is 7.60. The van der Waals surface area contributed by atoms with Gasteiger partial charge in [-0.15, -0.1) is 0 Å². The molecule has 1 amide bonds. The molecule has 0 aliphatic rings. The number of rotatable bonds is 7. The van der Waals surface area contributed by atoms with Gasteiger partial charge in [0, 0.05) is 6.26 Å². The highest BCUT2D eigenvalue weighted by atomic mass is 32.2. The molecular weight excluding hydrogens is 362 g/mol. The SMILES string of the molecule is CC[C@@H](NC(=O)[C@H](C)Oc1cc(C)ccc1C)c1ccc(S(C)(=O)=O)cc1. The van der Waals surface area contributed by atoms with Crippen LogP contribution in [0.1, 0.15) is 43.0 Å². The molecule has 2 atom stereocenters. The van der Waals surface area contributed by atoms with Gasteiger partial charge in [-0.3, -0.25) is 4.79 Å². The van der Waals surface area contributed by atoms with Crippen LogP contribution in [-0.2, 0) is 14.6 Å². The van der Waals surface area contributed by atoms with Crippen molar-refractivity contribution in [3.05, 3.63) is 59.2 Å². The zero-order chi connectivity index (χ0) is 20.2. The van der Waals surface area contributed by atoms with Gasteiger partial charge in [-0.1, -0.05) is 31.2 Å². The summed E-state index contributed by atoms with van der Waals surface area (Å²) in [7, 11) is -3.24. The Balaban J connectivity index is 2.08. The number of carbonyl (C=O) groups is 1. The van der Waals surface area contributed by atoms with Crippen molar-refractivity contribution in [3.8, 4) is 5.75 Å². The van der Waals surface area contributed by atoms with Crippen molar-refractivity contribution in [1.82, 2.24) is 5.32 Å². The summed E-state index contributed by atoms with van der Waals surface area (Å²) in [5, 5.41) is 2.98. The van der Waals surface area contributed by atoms with Crippen LogP contribution in [0, 0.1) is 13.8 Å². The second-order valence-corrected chi connectivity index (χ2v) is 8.86. The fourth-order valence-corrected chi connectivity index (χ4v) is 3.37. The summed E-state index contributed by atoms with van der Waals surface area (Å²) >= 11 is 0. The summed E-state index contributed by atoms with van der Waals surface area (Å²) in [6, 6.07) is 12.3. The molecular formula is C21H27NO4S. The predicted octanol–water partition coefficient (Wildman–Crippen LogP) is 3.74. The van der Waals surface area contributed by atoms with Crippen LogP contribution in [0.4, 0.5) is 0 Å². The number of hydrogen-bond acceptors (Lipinski definition) is 4. The molecule has 0 spiro atoms. The van der Waals surface area contributed by atoms with Gasteiger partial charge >= 0.3 is 0 Å². The van der Waals surface area contributed by atoms with Crippen molar-refractivity contribution in [2.75, 3.05) is 6.26 Å². The van der Waals surface area contributed by atoms with Gasteiger partial charge in [0.1, 0.15) is 5.75 Å². The molecule has 6 heteroatoms. The Morgan fingerprint density at radius 2 is 1.74 bits per heavy atom. The molecule has 0 fully saturated rings. The van der Waals surface area contributed by atoms with E-state index >= 15 is 0 Å². The molecule has 0 unspecified atom stereocenters. The average molecular weight is 390 g/mol. The minimum atomic E-state index is -3.24. The van der Waals surface area contributed by atoms with Crippen molar-refractivity contribution < 1.29 is 17.9 Å². The Bertz CT molecular complexity index is 904. The largest absolute Gasteiger partial charge is 0.481 e. The number of sulfone groups is 1. The van der Waals surface area contributed by atoms with Gasteiger partial charge in [0.15, 0.2) is 15.9 Å². The van der Waals surface area contributed by atoms with Crippen LogP contribution in [-0.4, -0.2) is 26.7 Å². The first-order valence-electron chi connectivity index (χ1n) is 8.96. The zero-order valence-corrected chi connectivity index (χ0v) is 17.3. The molecule has 0 saturated carbocycles. The maximum absolute atomic E-state index is 12.6. The maximum atomic E-state index is 12.6. The van der Waals surface area contributed by atoms with E-state index < -0.39 is 15.9 Å². The second kappa shape index (κ2) is 8.57. The van der Waals surface area contributed by atoms with E-state index in [0.29, 0.717) is 12.2 Å². The van der Waals surface area contributed by atoms with Crippen molar-refractivity contribution in [1.29, 1.82) is 0 Å². The molecule has 0 radical (unpaired) electrons. The standard InChI is InChI=1S/C21H27NO4S/c1-6-19(17-9-11-18(12-10-17)27(5,24)25)22-21(23)16(4)26-20-13-14(2)7-8-15(20)3/h7-13,16,19H,6H2,1-5H3,(H,22,23)/t16-,19+/m0/s1. The Labute approximate surface area is 161 Å². The summed E-state index contributed by atoms with van der Waals surface area (Å²) in [5.74, 6) is 0.484. The van der Waals surface area contributed by atoms with Gasteiger partial charge in [0.05, 0.1) is 10.9 Å². The molecule has 0 heterocycles. The van der Waals surface area contributed by atoms with E-state index in [1.165, 1.54) is 6.26 Å². The number of hydrogen-bond donors (Lipinski definition) is 1. The highest BCUT2D eigenvalue weighted by molar-refractivity contribution is 7.90. The Morgan fingerprint density at radius 3 is 2.30 bits per heavy atom. The predicted molar refractivity (Wildman–Crippen MR) is 107 cm³/mol. The molecule has 0 aliphatic carbocycles. The van der Waals surface area contributed by atoms with Crippen LogP contribution in [0.15, 0.2) is 47.4 Å². The lowest BCUT2D eigenvalue weighted by Crippen LogP contribution is -2.38. The highest BCUT2D eigenvalue weighted by Gasteiger charge is 2.20. The lowest BCUT2D eigenvalue weighted by atomic mass is 10.0. The summed E-state index contributed by atoms with van der Waals surface area (Å²) < 4.78 is 29.0. The lowest BCUT2D eigenvalue weighted by Gasteiger charge is -2.22. The second-order valence-electron chi connectivity index (χ2n) is 6.84. The number of nitrogens with one attached hydrogen (secondary N) is 1. The first kappa shape index (κ1) is 21.0. The molecule has 0 aliphatic heterocycles. The van der Waals surface area contributed by atoms with Gasteiger partial charge in [0.2, 0.25) is 0 Å². The molecule has 0 saturated heterocycles. The monoisotopic (exact) mass is 389 g/mol. The lowest BCUT2D eigenvalue weighted by molar-refractivity contribution is -0.128. The van der Waals surface area contributed by atoms with Gasteiger partial charge in [0.25, 0.3) is 5.91 Å². The van der Waals surface area contributed by atoms with Crippen LogP contribution in [0.5, 0.6) is 5.75 Å². The molecule has 5 nitrogen and oxygen atoms in total. The Morgan fingerprint density at radius 1 is 1.11 bits per heavy atom. The van der Waals surface area contributed by atoms with E-state index in [-0.39, 0.29) is 16.8 Å². The zero-order valence-electron chi connectivity index (χ0n) is 16.4. The van der Waals surface area contributed by atoms with Crippen molar-refractivity contribution in [2.45, 2.75) is 51.2 Å². The molecule has 146 valence electrons. The molecule has 27 heavy (non-hydrogen) atoms. The molecule has 0 bridgehead atoms. The first-order chi connectivity index (χ1) is 12.6. The van der Waals surface area contributed by atoms with E-state index in [1.54, 1.807) is 31.2 Å². The summed E-state index contributed by atoms with van der Waals surface area (Å²) in [4.78, 5) is 12.8. The van der Waals surface area contributed by atoms with E-state index in [1.807, 2.05) is 39.0 Å². The van der Waals surface area contributed by atoms with Crippen LogP contribution < -0.4 is 10.1 Å². The van der Waals surface area contributed by atoms with E-state index in [2.05, 4.69) is 5.32 Å². The number of carbonyl (C=O) groups excluding carboxylic acids is 1. The van der Waals surface area contributed by atoms with Gasteiger partial charge in [-0.05, 0) is 62.1 Å². The topological polar surface area (TPSA) is 72.5 Å². The Kier molecular flexibility index (Phi) is 6.65. The van der Waals surface area contributed by atoms with Crippen LogP contribution in [0.2, 0.25) is 0 Å². The number of ether oxygens (including phenoxy) is 1. The Hall–Kier alpha value is -2.34. The number of benzene rings is 2. The molecule has 2 rings (SSSR count). The number of amides is 1. The third-order valence-corrected chi connectivity index (χ3v) is 5.58. The van der Waals surface area contributed by atoms with E-state index in [4.69, 9.17) is 4.74 Å². The van der Waals surface area contributed by atoms with Crippen LogP contribution in [0.25, 0.3) is 0 Å². The first-order valence-corrected chi connectivity index (χ1v) is 10.8. The van der Waals surface area contributed by atoms with Crippen molar-refractivity contribution in [2.24, 2.45) is 0 Å². The third kappa shape index (κ3) is 5.57. The quantitative estimate of drug-likeness (QED) is 0.783. The fourth-order valence-electron chi connectivity index (χ4n) is 2.74. The van der Waals surface area contributed by atoms with Gasteiger partial charge in [-0.25, -0.2) is 8.42 Å². The van der Waals surface area contributed by atoms with Gasteiger partial charge < -0.3 is 10.1 Å². The molecule has 0 aromatic heterocycles.